The lowest BCUT2D eigenvalue weighted by Gasteiger charge is -2.24. The number of aromatic nitrogens is 2. The highest BCUT2D eigenvalue weighted by Crippen LogP contribution is 2.30. The molecular weight excluding hydrogens is 276 g/mol. The van der Waals surface area contributed by atoms with E-state index in [0.29, 0.717) is 11.6 Å². The molecule has 2 aromatic rings. The monoisotopic (exact) mass is 293 g/mol. The highest BCUT2D eigenvalue weighted by Gasteiger charge is 2.21. The first kappa shape index (κ1) is 14.0. The predicted molar refractivity (Wildman–Crippen MR) is 75.0 cm³/mol. The number of imidazole rings is 1. The van der Waals surface area contributed by atoms with Gasteiger partial charge in [0, 0.05) is 24.4 Å². The fourth-order valence-electron chi connectivity index (χ4n) is 2.76. The Morgan fingerprint density at radius 1 is 1.33 bits per heavy atom. The van der Waals surface area contributed by atoms with E-state index in [1.165, 1.54) is 0 Å². The maximum atomic E-state index is 12.5. The zero-order valence-electron chi connectivity index (χ0n) is 11.5. The summed E-state index contributed by atoms with van der Waals surface area (Å²) in [4.78, 5) is 4.19. The van der Waals surface area contributed by atoms with Crippen LogP contribution in [0.3, 0.4) is 0 Å². The Hall–Kier alpha value is -1.95. The minimum absolute atomic E-state index is 0.163. The molecule has 1 aliphatic rings. The van der Waals surface area contributed by atoms with E-state index in [1.54, 1.807) is 36.8 Å². The topological polar surface area (TPSA) is 39.1 Å². The molecule has 1 N–H and O–H groups in total. The fraction of sp³-hybridized carbons (Fsp3) is 0.400. The van der Waals surface area contributed by atoms with Crippen molar-refractivity contribution < 1.29 is 13.5 Å². The van der Waals surface area contributed by atoms with Gasteiger partial charge in [-0.25, -0.2) is 4.98 Å². The molecule has 2 heterocycles. The van der Waals surface area contributed by atoms with Gasteiger partial charge in [0.15, 0.2) is 0 Å². The largest absolute Gasteiger partial charge is 0.433 e. The van der Waals surface area contributed by atoms with Crippen molar-refractivity contribution in [2.45, 2.75) is 25.4 Å². The van der Waals surface area contributed by atoms with Crippen molar-refractivity contribution in [3.8, 4) is 11.4 Å². The molecule has 0 spiro atoms. The van der Waals surface area contributed by atoms with Crippen LogP contribution in [0.4, 0.5) is 8.78 Å². The summed E-state index contributed by atoms with van der Waals surface area (Å²) < 4.78 is 31.5. The second-order valence-corrected chi connectivity index (χ2v) is 5.08. The van der Waals surface area contributed by atoms with Gasteiger partial charge in [0.05, 0.1) is 12.0 Å². The molecule has 4 nitrogen and oxygen atoms in total. The predicted octanol–water partition coefficient (Wildman–Crippen LogP) is 2.94. The molecule has 0 aliphatic carbocycles. The van der Waals surface area contributed by atoms with Crippen LogP contribution in [0.25, 0.3) is 5.69 Å². The second kappa shape index (κ2) is 6.22. The van der Waals surface area contributed by atoms with Crippen LogP contribution in [-0.4, -0.2) is 29.3 Å². The van der Waals surface area contributed by atoms with Gasteiger partial charge in [-0.15, -0.1) is 0 Å². The Labute approximate surface area is 121 Å². The summed E-state index contributed by atoms with van der Waals surface area (Å²) >= 11 is 0. The molecule has 3 rings (SSSR count). The molecule has 1 unspecified atom stereocenters. The summed E-state index contributed by atoms with van der Waals surface area (Å²) in [6.45, 7) is -0.936. The molecule has 21 heavy (non-hydrogen) atoms. The minimum Gasteiger partial charge on any atom is -0.433 e. The van der Waals surface area contributed by atoms with Gasteiger partial charge in [-0.2, -0.15) is 8.78 Å². The van der Waals surface area contributed by atoms with Crippen molar-refractivity contribution in [2.24, 2.45) is 0 Å². The summed E-state index contributed by atoms with van der Waals surface area (Å²) in [6.07, 6.45) is 5.62. The normalized spacial score (nSPS) is 18.9. The summed E-state index contributed by atoms with van der Waals surface area (Å²) in [7, 11) is 0. The molecule has 1 aromatic carbocycles. The SMILES string of the molecule is FC(F)Oc1ccccc1-n1cncc1C1CCCNC1. The zero-order chi connectivity index (χ0) is 14.7. The van der Waals surface area contributed by atoms with Gasteiger partial charge in [0.2, 0.25) is 0 Å². The summed E-state index contributed by atoms with van der Waals surface area (Å²) in [5.41, 5.74) is 1.61. The molecule has 1 saturated heterocycles. The van der Waals surface area contributed by atoms with E-state index < -0.39 is 6.61 Å². The number of halogens is 2. The van der Waals surface area contributed by atoms with Gasteiger partial charge in [-0.3, -0.25) is 4.57 Å². The van der Waals surface area contributed by atoms with E-state index in [1.807, 2.05) is 4.57 Å². The molecule has 112 valence electrons. The fourth-order valence-corrected chi connectivity index (χ4v) is 2.76. The Morgan fingerprint density at radius 2 is 2.19 bits per heavy atom. The van der Waals surface area contributed by atoms with Gasteiger partial charge >= 0.3 is 6.61 Å². The standard InChI is InChI=1S/C15H17F2N3O/c16-15(17)21-14-6-2-1-5-12(14)20-10-19-9-13(20)11-4-3-7-18-8-11/h1-2,5-6,9-11,15,18H,3-4,7-8H2. The Morgan fingerprint density at radius 3 is 2.95 bits per heavy atom. The Bertz CT molecular complexity index is 594. The molecule has 6 heteroatoms. The highest BCUT2D eigenvalue weighted by atomic mass is 19.3. The molecular formula is C15H17F2N3O. The molecule has 0 radical (unpaired) electrons. The average molecular weight is 293 g/mol. The van der Waals surface area contributed by atoms with Gasteiger partial charge in [-0.1, -0.05) is 12.1 Å². The molecule has 1 aromatic heterocycles. The number of hydrogen-bond donors (Lipinski definition) is 1. The van der Waals surface area contributed by atoms with Crippen molar-refractivity contribution in [1.29, 1.82) is 0 Å². The quantitative estimate of drug-likeness (QED) is 0.942. The second-order valence-electron chi connectivity index (χ2n) is 5.08. The van der Waals surface area contributed by atoms with Crippen LogP contribution < -0.4 is 10.1 Å². The number of rotatable bonds is 4. The van der Waals surface area contributed by atoms with Crippen LogP contribution in [0.2, 0.25) is 0 Å². The highest BCUT2D eigenvalue weighted by molar-refractivity contribution is 5.48. The number of para-hydroxylation sites is 2. The molecule has 0 amide bonds. The van der Waals surface area contributed by atoms with Gasteiger partial charge < -0.3 is 10.1 Å². The minimum atomic E-state index is -2.84. The maximum Gasteiger partial charge on any atom is 0.387 e. The van der Waals surface area contributed by atoms with Crippen LogP contribution >= 0.6 is 0 Å². The van der Waals surface area contributed by atoms with Crippen LogP contribution in [0.1, 0.15) is 24.5 Å². The van der Waals surface area contributed by atoms with E-state index in [-0.39, 0.29) is 5.75 Å². The van der Waals surface area contributed by atoms with E-state index >= 15 is 0 Å². The lowest BCUT2D eigenvalue weighted by molar-refractivity contribution is -0.0498. The number of piperidine rings is 1. The molecule has 1 fully saturated rings. The third-order valence-corrected chi connectivity index (χ3v) is 3.72. The van der Waals surface area contributed by atoms with E-state index in [9.17, 15) is 8.78 Å². The first-order chi connectivity index (χ1) is 10.3. The van der Waals surface area contributed by atoms with Crippen molar-refractivity contribution in [3.05, 3.63) is 42.5 Å². The Balaban J connectivity index is 1.96. The number of benzene rings is 1. The van der Waals surface area contributed by atoms with E-state index in [2.05, 4.69) is 15.0 Å². The summed E-state index contributed by atoms with van der Waals surface area (Å²) in [5.74, 6) is 0.497. The molecule has 0 saturated carbocycles. The number of ether oxygens (including phenoxy) is 1. The summed E-state index contributed by atoms with van der Waals surface area (Å²) in [6, 6.07) is 6.79. The van der Waals surface area contributed by atoms with Crippen LogP contribution in [0, 0.1) is 0 Å². The van der Waals surface area contributed by atoms with Crippen molar-refractivity contribution in [3.63, 3.8) is 0 Å². The lowest BCUT2D eigenvalue weighted by Crippen LogP contribution is -2.29. The zero-order valence-corrected chi connectivity index (χ0v) is 11.5. The first-order valence-corrected chi connectivity index (χ1v) is 7.03. The molecule has 0 bridgehead atoms. The van der Waals surface area contributed by atoms with E-state index in [4.69, 9.17) is 0 Å². The maximum absolute atomic E-state index is 12.5. The van der Waals surface area contributed by atoms with E-state index in [0.717, 1.165) is 31.6 Å². The van der Waals surface area contributed by atoms with Crippen LogP contribution in [0.15, 0.2) is 36.8 Å². The third kappa shape index (κ3) is 3.05. The van der Waals surface area contributed by atoms with Crippen molar-refractivity contribution >= 4 is 0 Å². The van der Waals surface area contributed by atoms with Gasteiger partial charge in [0.25, 0.3) is 0 Å². The number of alkyl halides is 2. The van der Waals surface area contributed by atoms with Crippen molar-refractivity contribution in [1.82, 2.24) is 14.9 Å². The summed E-state index contributed by atoms with van der Waals surface area (Å²) in [5, 5.41) is 3.36. The number of hydrogen-bond acceptors (Lipinski definition) is 3. The molecule has 1 aliphatic heterocycles. The lowest BCUT2D eigenvalue weighted by atomic mass is 9.96. The van der Waals surface area contributed by atoms with Crippen LogP contribution in [-0.2, 0) is 0 Å². The third-order valence-electron chi connectivity index (χ3n) is 3.72. The van der Waals surface area contributed by atoms with Crippen molar-refractivity contribution in [2.75, 3.05) is 13.1 Å². The number of nitrogens with one attached hydrogen (secondary N) is 1. The smallest absolute Gasteiger partial charge is 0.387 e. The van der Waals surface area contributed by atoms with Gasteiger partial charge in [-0.05, 0) is 31.5 Å². The van der Waals surface area contributed by atoms with Crippen LogP contribution in [0.5, 0.6) is 5.75 Å². The average Bonchev–Trinajstić information content (AvgIpc) is 2.97. The number of nitrogens with zero attached hydrogens (tertiary/aromatic N) is 2. The van der Waals surface area contributed by atoms with Gasteiger partial charge in [0.1, 0.15) is 5.75 Å². The first-order valence-electron chi connectivity index (χ1n) is 7.03. The Kier molecular flexibility index (Phi) is 4.15. The molecule has 1 atom stereocenters.